The number of fused-ring (bicyclic) bond motifs is 1. The lowest BCUT2D eigenvalue weighted by Crippen LogP contribution is -2.48. The van der Waals surface area contributed by atoms with Gasteiger partial charge in [0, 0.05) is 63.4 Å². The van der Waals surface area contributed by atoms with Crippen molar-refractivity contribution in [1.29, 1.82) is 0 Å². The summed E-state index contributed by atoms with van der Waals surface area (Å²) in [5.41, 5.74) is 4.06. The van der Waals surface area contributed by atoms with Crippen molar-refractivity contribution < 1.29 is 14.7 Å². The molecule has 34 heavy (non-hydrogen) atoms. The largest absolute Gasteiger partial charge is 0.395 e. The third kappa shape index (κ3) is 4.02. The predicted octanol–water partition coefficient (Wildman–Crippen LogP) is 2.11. The van der Waals surface area contributed by atoms with Crippen molar-refractivity contribution in [3.63, 3.8) is 0 Å². The van der Waals surface area contributed by atoms with Crippen LogP contribution in [0.5, 0.6) is 0 Å². The molecule has 2 aromatic carbocycles. The van der Waals surface area contributed by atoms with E-state index in [4.69, 9.17) is 0 Å². The summed E-state index contributed by atoms with van der Waals surface area (Å²) in [6.07, 6.45) is 2.70. The molecule has 0 atom stereocenters. The van der Waals surface area contributed by atoms with E-state index in [1.165, 1.54) is 4.90 Å². The molecule has 0 spiro atoms. The van der Waals surface area contributed by atoms with E-state index < -0.39 is 0 Å². The van der Waals surface area contributed by atoms with Gasteiger partial charge < -0.3 is 14.6 Å². The minimum Gasteiger partial charge on any atom is -0.395 e. The van der Waals surface area contributed by atoms with Gasteiger partial charge in [0.05, 0.1) is 12.2 Å². The van der Waals surface area contributed by atoms with Crippen molar-refractivity contribution >= 4 is 28.3 Å². The number of benzene rings is 2. The van der Waals surface area contributed by atoms with E-state index in [-0.39, 0.29) is 18.4 Å². The maximum Gasteiger partial charge on any atom is 0.277 e. The standard InChI is InChI=1S/C27H30N4O3/c1-28-19-21(22-9-5-6-10-23(22)28)11-12-31-26(33)24(20-7-3-2-4-8-20)25(27(31)34)30-15-13-29(14-16-30)17-18-32/h2-10,19,32H,11-18H2,1H3. The zero-order valence-electron chi connectivity index (χ0n) is 19.5. The van der Waals surface area contributed by atoms with E-state index in [2.05, 4.69) is 27.8 Å². The molecule has 1 aromatic heterocycles. The molecule has 2 amide bonds. The average molecular weight is 459 g/mol. The van der Waals surface area contributed by atoms with E-state index in [1.807, 2.05) is 54.4 Å². The summed E-state index contributed by atoms with van der Waals surface area (Å²) in [5, 5.41) is 10.4. The lowest BCUT2D eigenvalue weighted by molar-refractivity contribution is -0.137. The monoisotopic (exact) mass is 458 g/mol. The molecule has 0 saturated carbocycles. The summed E-state index contributed by atoms with van der Waals surface area (Å²) in [7, 11) is 2.02. The van der Waals surface area contributed by atoms with Gasteiger partial charge in [-0.3, -0.25) is 19.4 Å². The second kappa shape index (κ2) is 9.44. The fourth-order valence-electron chi connectivity index (χ4n) is 5.12. The highest BCUT2D eigenvalue weighted by Crippen LogP contribution is 2.32. The smallest absolute Gasteiger partial charge is 0.277 e. The fourth-order valence-corrected chi connectivity index (χ4v) is 5.12. The van der Waals surface area contributed by atoms with Crippen molar-refractivity contribution in [2.45, 2.75) is 6.42 Å². The molecule has 3 aromatic rings. The first-order chi connectivity index (χ1) is 16.6. The number of rotatable bonds is 7. The zero-order valence-corrected chi connectivity index (χ0v) is 19.5. The maximum absolute atomic E-state index is 13.6. The normalized spacial score (nSPS) is 17.5. The van der Waals surface area contributed by atoms with Gasteiger partial charge in [0.1, 0.15) is 5.70 Å². The van der Waals surface area contributed by atoms with Crippen LogP contribution in [0.3, 0.4) is 0 Å². The topological polar surface area (TPSA) is 69.0 Å². The number of β-amino-alcohol motifs (C(OH)–C–C–N with tert-alkyl or cyclic N) is 1. The van der Waals surface area contributed by atoms with Gasteiger partial charge in [-0.1, -0.05) is 48.5 Å². The molecule has 2 aliphatic rings. The van der Waals surface area contributed by atoms with Crippen molar-refractivity contribution in [3.05, 3.63) is 77.6 Å². The van der Waals surface area contributed by atoms with Crippen LogP contribution in [-0.4, -0.2) is 82.1 Å². The second-order valence-electron chi connectivity index (χ2n) is 8.94. The molecule has 1 fully saturated rings. The number of aliphatic hydroxyl groups excluding tert-OH is 1. The highest BCUT2D eigenvalue weighted by atomic mass is 16.3. The molecule has 3 heterocycles. The number of aryl methyl sites for hydroxylation is 1. The number of piperazine rings is 1. The first-order valence-electron chi connectivity index (χ1n) is 11.9. The number of aliphatic hydroxyl groups is 1. The summed E-state index contributed by atoms with van der Waals surface area (Å²) in [5.74, 6) is -0.427. The van der Waals surface area contributed by atoms with Gasteiger partial charge in [0.25, 0.3) is 11.8 Å². The number of hydrogen-bond donors (Lipinski definition) is 1. The van der Waals surface area contributed by atoms with Crippen LogP contribution >= 0.6 is 0 Å². The summed E-state index contributed by atoms with van der Waals surface area (Å²) in [4.78, 5) is 32.9. The molecule has 176 valence electrons. The fraction of sp³-hybridized carbons (Fsp3) is 0.333. The van der Waals surface area contributed by atoms with Gasteiger partial charge in [0.15, 0.2) is 0 Å². The molecule has 0 bridgehead atoms. The van der Waals surface area contributed by atoms with Crippen LogP contribution in [-0.2, 0) is 23.1 Å². The van der Waals surface area contributed by atoms with Crippen molar-refractivity contribution in [2.75, 3.05) is 45.9 Å². The molecule has 5 rings (SSSR count). The number of amides is 2. The molecule has 0 radical (unpaired) electrons. The molecular formula is C27H30N4O3. The van der Waals surface area contributed by atoms with Crippen molar-refractivity contribution in [1.82, 2.24) is 19.3 Å². The Balaban J connectivity index is 1.41. The first kappa shape index (κ1) is 22.4. The molecule has 0 unspecified atom stereocenters. The Morgan fingerprint density at radius 3 is 2.29 bits per heavy atom. The van der Waals surface area contributed by atoms with Gasteiger partial charge in [-0.15, -0.1) is 0 Å². The average Bonchev–Trinajstić information content (AvgIpc) is 3.32. The third-order valence-corrected chi connectivity index (χ3v) is 6.89. The van der Waals surface area contributed by atoms with Crippen LogP contribution in [0.4, 0.5) is 0 Å². The summed E-state index contributed by atoms with van der Waals surface area (Å²) >= 11 is 0. The van der Waals surface area contributed by atoms with Gasteiger partial charge in [-0.25, -0.2) is 0 Å². The SMILES string of the molecule is Cn1cc(CCN2C(=O)C(c3ccccc3)=C(N3CCN(CCO)CC3)C2=O)c2ccccc21. The Bertz CT molecular complexity index is 1240. The Labute approximate surface area is 199 Å². The molecule has 7 nitrogen and oxygen atoms in total. The number of imide groups is 1. The van der Waals surface area contributed by atoms with Gasteiger partial charge >= 0.3 is 0 Å². The molecule has 1 saturated heterocycles. The maximum atomic E-state index is 13.6. The van der Waals surface area contributed by atoms with Crippen LogP contribution in [0.1, 0.15) is 11.1 Å². The van der Waals surface area contributed by atoms with Crippen molar-refractivity contribution in [2.24, 2.45) is 7.05 Å². The minimum atomic E-state index is -0.218. The van der Waals surface area contributed by atoms with Crippen LogP contribution in [0.25, 0.3) is 16.5 Å². The molecule has 1 N–H and O–H groups in total. The van der Waals surface area contributed by atoms with Crippen LogP contribution in [0.2, 0.25) is 0 Å². The zero-order chi connectivity index (χ0) is 23.7. The Hall–Kier alpha value is -3.42. The van der Waals surface area contributed by atoms with E-state index in [0.29, 0.717) is 43.9 Å². The minimum absolute atomic E-state index is 0.122. The number of para-hydroxylation sites is 1. The van der Waals surface area contributed by atoms with E-state index in [1.54, 1.807) is 0 Å². The van der Waals surface area contributed by atoms with Crippen LogP contribution in [0, 0.1) is 0 Å². The lowest BCUT2D eigenvalue weighted by atomic mass is 10.0. The molecule has 7 heteroatoms. The number of hydrogen-bond acceptors (Lipinski definition) is 5. The highest BCUT2D eigenvalue weighted by molar-refractivity contribution is 6.35. The Morgan fingerprint density at radius 2 is 1.56 bits per heavy atom. The number of nitrogens with zero attached hydrogens (tertiary/aromatic N) is 4. The number of aromatic nitrogens is 1. The Kier molecular flexibility index (Phi) is 6.22. The van der Waals surface area contributed by atoms with Crippen LogP contribution < -0.4 is 0 Å². The lowest BCUT2D eigenvalue weighted by Gasteiger charge is -2.36. The molecule has 2 aliphatic heterocycles. The molecule has 0 aliphatic carbocycles. The summed E-state index contributed by atoms with van der Waals surface area (Å²) < 4.78 is 2.09. The van der Waals surface area contributed by atoms with Gasteiger partial charge in [0.2, 0.25) is 0 Å². The third-order valence-electron chi connectivity index (χ3n) is 6.89. The van der Waals surface area contributed by atoms with Crippen LogP contribution in [0.15, 0.2) is 66.5 Å². The predicted molar refractivity (Wildman–Crippen MR) is 132 cm³/mol. The second-order valence-corrected chi connectivity index (χ2v) is 8.94. The quantitative estimate of drug-likeness (QED) is 0.550. The first-order valence-corrected chi connectivity index (χ1v) is 11.9. The van der Waals surface area contributed by atoms with E-state index in [0.717, 1.165) is 35.1 Å². The summed E-state index contributed by atoms with van der Waals surface area (Å²) in [6, 6.07) is 17.7. The number of carbonyl (C=O) groups is 2. The van der Waals surface area contributed by atoms with Gasteiger partial charge in [-0.05, 0) is 23.6 Å². The van der Waals surface area contributed by atoms with Gasteiger partial charge in [-0.2, -0.15) is 0 Å². The Morgan fingerprint density at radius 1 is 0.853 bits per heavy atom. The van der Waals surface area contributed by atoms with Crippen molar-refractivity contribution in [3.8, 4) is 0 Å². The number of carbonyl (C=O) groups excluding carboxylic acids is 2. The van der Waals surface area contributed by atoms with E-state index in [9.17, 15) is 14.7 Å². The molecular weight excluding hydrogens is 428 g/mol. The van der Waals surface area contributed by atoms with E-state index >= 15 is 0 Å². The highest BCUT2D eigenvalue weighted by Gasteiger charge is 2.41. The summed E-state index contributed by atoms with van der Waals surface area (Å²) in [6.45, 7) is 3.91.